The molecule has 2 aromatic rings. The van der Waals surface area contributed by atoms with E-state index in [0.717, 1.165) is 35.5 Å². The van der Waals surface area contributed by atoms with Crippen LogP contribution in [0.3, 0.4) is 0 Å². The summed E-state index contributed by atoms with van der Waals surface area (Å²) in [6.45, 7) is 4.58. The third-order valence-electron chi connectivity index (χ3n) is 4.23. The molecule has 1 saturated heterocycles. The second-order valence-electron chi connectivity index (χ2n) is 5.58. The Morgan fingerprint density at radius 3 is 2.62 bits per heavy atom. The summed E-state index contributed by atoms with van der Waals surface area (Å²) < 4.78 is 6.50. The van der Waals surface area contributed by atoms with Gasteiger partial charge < -0.3 is 9.64 Å². The maximum absolute atomic E-state index is 5.28. The molecule has 6 heteroatoms. The first-order valence-corrected chi connectivity index (χ1v) is 8.09. The van der Waals surface area contributed by atoms with E-state index in [1.807, 2.05) is 6.07 Å². The molecule has 4 nitrogen and oxygen atoms in total. The predicted molar refractivity (Wildman–Crippen MR) is 90.2 cm³/mol. The van der Waals surface area contributed by atoms with Gasteiger partial charge in [0.05, 0.1) is 17.3 Å². The van der Waals surface area contributed by atoms with Crippen molar-refractivity contribution >= 4 is 39.1 Å². The van der Waals surface area contributed by atoms with Crippen molar-refractivity contribution in [1.29, 1.82) is 0 Å². The van der Waals surface area contributed by atoms with E-state index in [1.165, 1.54) is 30.6 Å². The van der Waals surface area contributed by atoms with Crippen LogP contribution in [0, 0.1) is 0 Å². The zero-order valence-electron chi connectivity index (χ0n) is 12.1. The van der Waals surface area contributed by atoms with Gasteiger partial charge in [0, 0.05) is 32.2 Å². The number of anilines is 1. The van der Waals surface area contributed by atoms with Crippen molar-refractivity contribution in [2.75, 3.05) is 38.2 Å². The van der Waals surface area contributed by atoms with Gasteiger partial charge in [-0.15, -0.1) is 12.4 Å². The zero-order chi connectivity index (χ0) is 13.5. The van der Waals surface area contributed by atoms with Gasteiger partial charge in [-0.05, 0) is 31.0 Å². The number of methoxy groups -OCH3 is 1. The first kappa shape index (κ1) is 14.9. The van der Waals surface area contributed by atoms with Gasteiger partial charge in [-0.3, -0.25) is 4.90 Å². The fraction of sp³-hybridized carbons (Fsp3) is 0.533. The van der Waals surface area contributed by atoms with Crippen LogP contribution in [0.4, 0.5) is 5.13 Å². The topological polar surface area (TPSA) is 28.6 Å². The Labute approximate surface area is 135 Å². The minimum Gasteiger partial charge on any atom is -0.497 e. The number of halogens is 1. The second kappa shape index (κ2) is 5.99. The molecule has 2 heterocycles. The quantitative estimate of drug-likeness (QED) is 0.867. The summed E-state index contributed by atoms with van der Waals surface area (Å²) in [7, 11) is 1.71. The van der Waals surface area contributed by atoms with Crippen LogP contribution >= 0.6 is 23.7 Å². The predicted octanol–water partition coefficient (Wildman–Crippen LogP) is 3.01. The molecular formula is C15H20ClN3OS. The largest absolute Gasteiger partial charge is 0.497 e. The highest BCUT2D eigenvalue weighted by molar-refractivity contribution is 7.22. The lowest BCUT2D eigenvalue weighted by Gasteiger charge is -2.34. The third kappa shape index (κ3) is 2.96. The van der Waals surface area contributed by atoms with Crippen LogP contribution in [-0.2, 0) is 0 Å². The third-order valence-corrected chi connectivity index (χ3v) is 5.31. The molecule has 0 atom stereocenters. The lowest BCUT2D eigenvalue weighted by Crippen LogP contribution is -2.47. The van der Waals surface area contributed by atoms with Gasteiger partial charge in [0.1, 0.15) is 5.75 Å². The standard InChI is InChI=1S/C15H19N3OS.ClH/c1-19-12-4-5-13-14(10-12)20-15(16-13)18-8-6-17(7-9-18)11-2-3-11;/h4-5,10-11H,2-3,6-9H2,1H3;1H. The highest BCUT2D eigenvalue weighted by Gasteiger charge is 2.31. The highest BCUT2D eigenvalue weighted by Crippen LogP contribution is 2.33. The van der Waals surface area contributed by atoms with Gasteiger partial charge in [-0.2, -0.15) is 0 Å². The summed E-state index contributed by atoms with van der Waals surface area (Å²) in [6, 6.07) is 7.00. The monoisotopic (exact) mass is 325 g/mol. The number of nitrogens with zero attached hydrogens (tertiary/aromatic N) is 3. The van der Waals surface area contributed by atoms with Crippen molar-refractivity contribution in [2.45, 2.75) is 18.9 Å². The maximum Gasteiger partial charge on any atom is 0.186 e. The molecule has 114 valence electrons. The van der Waals surface area contributed by atoms with E-state index in [-0.39, 0.29) is 12.4 Å². The molecule has 4 rings (SSSR count). The zero-order valence-corrected chi connectivity index (χ0v) is 13.8. The molecular weight excluding hydrogens is 306 g/mol. The van der Waals surface area contributed by atoms with Crippen LogP contribution in [-0.4, -0.2) is 49.2 Å². The number of ether oxygens (including phenoxy) is 1. The fourth-order valence-electron chi connectivity index (χ4n) is 2.87. The van der Waals surface area contributed by atoms with Crippen LogP contribution < -0.4 is 9.64 Å². The Bertz CT molecular complexity index is 620. The molecule has 0 amide bonds. The molecule has 1 saturated carbocycles. The normalized spacial score (nSPS) is 19.6. The minimum absolute atomic E-state index is 0. The summed E-state index contributed by atoms with van der Waals surface area (Å²) in [5.41, 5.74) is 1.08. The molecule has 2 fully saturated rings. The molecule has 2 aliphatic rings. The molecule has 0 N–H and O–H groups in total. The highest BCUT2D eigenvalue weighted by atomic mass is 35.5. The average molecular weight is 326 g/mol. The van der Waals surface area contributed by atoms with Gasteiger partial charge in [-0.25, -0.2) is 4.98 Å². The Morgan fingerprint density at radius 2 is 1.95 bits per heavy atom. The maximum atomic E-state index is 5.28. The van der Waals surface area contributed by atoms with E-state index in [2.05, 4.69) is 21.9 Å². The molecule has 21 heavy (non-hydrogen) atoms. The lowest BCUT2D eigenvalue weighted by molar-refractivity contribution is 0.248. The van der Waals surface area contributed by atoms with Crippen LogP contribution in [0.25, 0.3) is 10.2 Å². The summed E-state index contributed by atoms with van der Waals surface area (Å²) in [6.07, 6.45) is 2.81. The van der Waals surface area contributed by atoms with Crippen LogP contribution in [0.2, 0.25) is 0 Å². The van der Waals surface area contributed by atoms with Gasteiger partial charge in [0.15, 0.2) is 5.13 Å². The minimum atomic E-state index is 0. The smallest absolute Gasteiger partial charge is 0.186 e. The first-order valence-electron chi connectivity index (χ1n) is 7.27. The van der Waals surface area contributed by atoms with Gasteiger partial charge in [-0.1, -0.05) is 11.3 Å². The van der Waals surface area contributed by atoms with Crippen molar-refractivity contribution in [3.8, 4) is 5.75 Å². The van der Waals surface area contributed by atoms with E-state index < -0.39 is 0 Å². The number of rotatable bonds is 3. The molecule has 1 aromatic carbocycles. The fourth-order valence-corrected chi connectivity index (χ4v) is 3.92. The Kier molecular flexibility index (Phi) is 4.24. The molecule has 0 spiro atoms. The molecule has 0 unspecified atom stereocenters. The van der Waals surface area contributed by atoms with E-state index in [4.69, 9.17) is 9.72 Å². The second-order valence-corrected chi connectivity index (χ2v) is 6.59. The van der Waals surface area contributed by atoms with Crippen molar-refractivity contribution in [3.05, 3.63) is 18.2 Å². The summed E-state index contributed by atoms with van der Waals surface area (Å²) >= 11 is 1.77. The van der Waals surface area contributed by atoms with Crippen LogP contribution in [0.5, 0.6) is 5.75 Å². The van der Waals surface area contributed by atoms with E-state index in [0.29, 0.717) is 0 Å². The molecule has 1 aliphatic carbocycles. The molecule has 1 aromatic heterocycles. The number of hydrogen-bond acceptors (Lipinski definition) is 5. The number of benzene rings is 1. The van der Waals surface area contributed by atoms with Crippen molar-refractivity contribution < 1.29 is 4.74 Å². The van der Waals surface area contributed by atoms with Crippen LogP contribution in [0.15, 0.2) is 18.2 Å². The van der Waals surface area contributed by atoms with E-state index in [1.54, 1.807) is 18.4 Å². The number of hydrogen-bond donors (Lipinski definition) is 0. The SMILES string of the molecule is COc1ccc2nc(N3CCN(C4CC4)CC3)sc2c1.Cl. The summed E-state index contributed by atoms with van der Waals surface area (Å²) in [5.74, 6) is 0.909. The van der Waals surface area contributed by atoms with Crippen LogP contribution in [0.1, 0.15) is 12.8 Å². The van der Waals surface area contributed by atoms with Gasteiger partial charge >= 0.3 is 0 Å². The molecule has 0 radical (unpaired) electrons. The molecule has 1 aliphatic heterocycles. The number of thiazole rings is 1. The van der Waals surface area contributed by atoms with Gasteiger partial charge in [0.25, 0.3) is 0 Å². The Balaban J connectivity index is 0.00000132. The Morgan fingerprint density at radius 1 is 1.19 bits per heavy atom. The average Bonchev–Trinajstić information content (AvgIpc) is 3.26. The number of aromatic nitrogens is 1. The Hall–Kier alpha value is -1.04. The number of piperazine rings is 1. The number of fused-ring (bicyclic) bond motifs is 1. The van der Waals surface area contributed by atoms with Crippen molar-refractivity contribution in [2.24, 2.45) is 0 Å². The van der Waals surface area contributed by atoms with Crippen molar-refractivity contribution in [3.63, 3.8) is 0 Å². The van der Waals surface area contributed by atoms with E-state index >= 15 is 0 Å². The first-order chi connectivity index (χ1) is 9.83. The van der Waals surface area contributed by atoms with Gasteiger partial charge in [0.2, 0.25) is 0 Å². The summed E-state index contributed by atoms with van der Waals surface area (Å²) in [5, 5.41) is 1.16. The van der Waals surface area contributed by atoms with E-state index in [9.17, 15) is 0 Å². The van der Waals surface area contributed by atoms with Crippen molar-refractivity contribution in [1.82, 2.24) is 9.88 Å². The lowest BCUT2D eigenvalue weighted by atomic mass is 10.3. The molecule has 0 bridgehead atoms. The summed E-state index contributed by atoms with van der Waals surface area (Å²) in [4.78, 5) is 9.83.